The molecule has 1 unspecified atom stereocenters. The molecular weight excluding hydrogens is 493 g/mol. The molecule has 1 aromatic heterocycles. The third kappa shape index (κ3) is 6.00. The molecule has 2 aromatic rings. The molecule has 4 rings (SSSR count). The molecule has 210 valence electrons. The van der Waals surface area contributed by atoms with E-state index in [4.69, 9.17) is 19.0 Å². The second-order valence-electron chi connectivity index (χ2n) is 11.3. The van der Waals surface area contributed by atoms with Crippen molar-refractivity contribution in [1.29, 1.82) is 0 Å². The van der Waals surface area contributed by atoms with Crippen molar-refractivity contribution >= 4 is 22.9 Å². The van der Waals surface area contributed by atoms with E-state index in [1.807, 2.05) is 34.6 Å². The van der Waals surface area contributed by atoms with Crippen LogP contribution in [0.25, 0.3) is 10.9 Å². The zero-order valence-electron chi connectivity index (χ0n) is 23.3. The molecule has 38 heavy (non-hydrogen) atoms. The summed E-state index contributed by atoms with van der Waals surface area (Å²) in [5, 5.41) is 0.455. The number of hydrogen-bond donors (Lipinski definition) is 0. The number of nitrogens with zero attached hydrogens (tertiary/aromatic N) is 3. The lowest BCUT2D eigenvalue weighted by Gasteiger charge is -2.41. The molecular formula is C28H40FN3O6. The third-order valence-corrected chi connectivity index (χ3v) is 6.90. The molecule has 0 spiro atoms. The molecule has 2 atom stereocenters. The van der Waals surface area contributed by atoms with Crippen LogP contribution in [0.1, 0.15) is 70.8 Å². The molecule has 0 radical (unpaired) electrons. The summed E-state index contributed by atoms with van der Waals surface area (Å²) in [5.41, 5.74) is 0.109. The van der Waals surface area contributed by atoms with Crippen molar-refractivity contribution in [2.45, 2.75) is 84.1 Å². The van der Waals surface area contributed by atoms with Crippen molar-refractivity contribution in [2.24, 2.45) is 0 Å². The summed E-state index contributed by atoms with van der Waals surface area (Å²) in [6, 6.07) is 3.84. The number of carbonyl (C=O) groups is 2. The molecule has 0 bridgehead atoms. The Morgan fingerprint density at radius 1 is 1.21 bits per heavy atom. The van der Waals surface area contributed by atoms with Gasteiger partial charge in [0.25, 0.3) is 5.91 Å². The van der Waals surface area contributed by atoms with Crippen LogP contribution in [0.3, 0.4) is 0 Å². The number of benzene rings is 1. The number of fused-ring (bicyclic) bond motifs is 1. The van der Waals surface area contributed by atoms with Crippen molar-refractivity contribution in [3.05, 3.63) is 29.7 Å². The van der Waals surface area contributed by atoms with Crippen molar-refractivity contribution in [1.82, 2.24) is 14.5 Å². The fourth-order valence-corrected chi connectivity index (χ4v) is 5.30. The van der Waals surface area contributed by atoms with Gasteiger partial charge in [0.15, 0.2) is 11.4 Å². The molecule has 10 heteroatoms. The van der Waals surface area contributed by atoms with Crippen LogP contribution in [-0.4, -0.2) is 83.7 Å². The second kappa shape index (κ2) is 11.4. The SMILES string of the molecule is COn1c(C(=O)N(C(C)C)[C@@H]2CCCN(C(=O)OC(C)(C)C)C2)c(OCC2CCCO2)c2cc(F)ccc21. The number of halogens is 1. The third-order valence-electron chi connectivity index (χ3n) is 6.90. The molecule has 2 aliphatic heterocycles. The maximum atomic E-state index is 14.3. The molecule has 1 aromatic carbocycles. The number of aromatic nitrogens is 1. The van der Waals surface area contributed by atoms with Crippen LogP contribution in [0.5, 0.6) is 5.75 Å². The first-order chi connectivity index (χ1) is 18.0. The Bertz CT molecular complexity index is 1150. The van der Waals surface area contributed by atoms with Crippen LogP contribution < -0.4 is 9.57 Å². The average Bonchev–Trinajstić information content (AvgIpc) is 3.47. The summed E-state index contributed by atoms with van der Waals surface area (Å²) >= 11 is 0. The van der Waals surface area contributed by atoms with Gasteiger partial charge >= 0.3 is 6.09 Å². The Balaban J connectivity index is 1.69. The van der Waals surface area contributed by atoms with E-state index in [0.29, 0.717) is 30.6 Å². The molecule has 2 fully saturated rings. The van der Waals surface area contributed by atoms with E-state index in [1.165, 1.54) is 24.0 Å². The Kier molecular flexibility index (Phi) is 8.40. The number of carbonyl (C=O) groups excluding carboxylic acids is 2. The highest BCUT2D eigenvalue weighted by Gasteiger charge is 2.38. The maximum absolute atomic E-state index is 14.3. The summed E-state index contributed by atoms with van der Waals surface area (Å²) in [6.07, 6.45) is 2.81. The zero-order chi connectivity index (χ0) is 27.6. The minimum Gasteiger partial charge on any atom is -0.488 e. The minimum atomic E-state index is -0.610. The van der Waals surface area contributed by atoms with Gasteiger partial charge in [-0.3, -0.25) is 4.79 Å². The molecule has 0 aliphatic carbocycles. The van der Waals surface area contributed by atoms with Gasteiger partial charge in [0.2, 0.25) is 0 Å². The van der Waals surface area contributed by atoms with Crippen LogP contribution in [0.15, 0.2) is 18.2 Å². The number of likely N-dealkylation sites (tertiary alicyclic amines) is 1. The predicted octanol–water partition coefficient (Wildman–Crippen LogP) is 4.65. The summed E-state index contributed by atoms with van der Waals surface area (Å²) in [4.78, 5) is 36.2. The molecule has 9 nitrogen and oxygen atoms in total. The van der Waals surface area contributed by atoms with Gasteiger partial charge in [0.05, 0.1) is 17.7 Å². The van der Waals surface area contributed by atoms with E-state index >= 15 is 0 Å². The van der Waals surface area contributed by atoms with Gasteiger partial charge in [-0.25, -0.2) is 9.18 Å². The van der Waals surface area contributed by atoms with E-state index in [9.17, 15) is 14.0 Å². The second-order valence-corrected chi connectivity index (χ2v) is 11.3. The molecule has 0 N–H and O–H groups in total. The number of ether oxygens (including phenoxy) is 3. The first-order valence-corrected chi connectivity index (χ1v) is 13.4. The largest absolute Gasteiger partial charge is 0.488 e. The predicted molar refractivity (Wildman–Crippen MR) is 141 cm³/mol. The lowest BCUT2D eigenvalue weighted by atomic mass is 10.0. The Morgan fingerprint density at radius 3 is 2.61 bits per heavy atom. The molecule has 2 aliphatic rings. The van der Waals surface area contributed by atoms with Crippen LogP contribution in [-0.2, 0) is 9.47 Å². The minimum absolute atomic E-state index is 0.0885. The quantitative estimate of drug-likeness (QED) is 0.516. The normalized spacial score (nSPS) is 20.2. The summed E-state index contributed by atoms with van der Waals surface area (Å²) in [7, 11) is 1.47. The van der Waals surface area contributed by atoms with Crippen LogP contribution in [0, 0.1) is 5.82 Å². The van der Waals surface area contributed by atoms with Crippen LogP contribution >= 0.6 is 0 Å². The molecule has 2 amide bonds. The smallest absolute Gasteiger partial charge is 0.410 e. The van der Waals surface area contributed by atoms with Crippen molar-refractivity contribution in [3.63, 3.8) is 0 Å². The summed E-state index contributed by atoms with van der Waals surface area (Å²) in [6.45, 7) is 11.2. The Hall–Kier alpha value is -3.01. The average molecular weight is 534 g/mol. The van der Waals surface area contributed by atoms with E-state index in [-0.39, 0.29) is 48.2 Å². The first-order valence-electron chi connectivity index (χ1n) is 13.4. The lowest BCUT2D eigenvalue weighted by molar-refractivity contribution is 0.00668. The molecule has 0 saturated carbocycles. The highest BCUT2D eigenvalue weighted by molar-refractivity contribution is 6.04. The van der Waals surface area contributed by atoms with E-state index in [0.717, 1.165) is 25.7 Å². The van der Waals surface area contributed by atoms with Gasteiger partial charge in [-0.2, -0.15) is 4.73 Å². The zero-order valence-corrected chi connectivity index (χ0v) is 23.3. The molecule has 3 heterocycles. The van der Waals surface area contributed by atoms with Gasteiger partial charge in [-0.05, 0) is 78.5 Å². The van der Waals surface area contributed by atoms with Crippen LogP contribution in [0.4, 0.5) is 9.18 Å². The Morgan fingerprint density at radius 2 is 1.97 bits per heavy atom. The van der Waals surface area contributed by atoms with Gasteiger partial charge in [-0.15, -0.1) is 0 Å². The standard InChI is InChI=1S/C28H40FN3O6/c1-18(2)31(20-9-7-13-30(16-20)27(34)38-28(3,4)5)26(33)24-25(37-17-21-10-8-14-36-21)22-15-19(29)11-12-23(22)32(24)35-6/h11-12,15,18,20-21H,7-10,13-14,16-17H2,1-6H3/t20-,21?/m1/s1. The first kappa shape index (κ1) is 28.0. The van der Waals surface area contributed by atoms with Gasteiger partial charge in [0.1, 0.15) is 25.1 Å². The van der Waals surface area contributed by atoms with Crippen LogP contribution in [0.2, 0.25) is 0 Å². The lowest BCUT2D eigenvalue weighted by Crippen LogP contribution is -2.54. The van der Waals surface area contributed by atoms with Gasteiger partial charge < -0.3 is 28.8 Å². The highest BCUT2D eigenvalue weighted by Crippen LogP contribution is 2.36. The van der Waals surface area contributed by atoms with Crippen molar-refractivity contribution in [3.8, 4) is 5.75 Å². The number of piperidine rings is 1. The van der Waals surface area contributed by atoms with Crippen molar-refractivity contribution < 1.29 is 33.0 Å². The maximum Gasteiger partial charge on any atom is 0.410 e. The van der Waals surface area contributed by atoms with E-state index in [1.54, 1.807) is 15.9 Å². The monoisotopic (exact) mass is 533 g/mol. The Labute approximate surface area is 223 Å². The van der Waals surface area contributed by atoms with Crippen molar-refractivity contribution in [2.75, 3.05) is 33.4 Å². The molecule has 2 saturated heterocycles. The summed E-state index contributed by atoms with van der Waals surface area (Å²) in [5.74, 6) is -0.475. The van der Waals surface area contributed by atoms with E-state index < -0.39 is 11.4 Å². The van der Waals surface area contributed by atoms with Gasteiger partial charge in [-0.1, -0.05) is 0 Å². The van der Waals surface area contributed by atoms with Gasteiger partial charge in [0, 0.05) is 31.1 Å². The number of hydrogen-bond acceptors (Lipinski definition) is 6. The van der Waals surface area contributed by atoms with E-state index in [2.05, 4.69) is 0 Å². The fraction of sp³-hybridized carbons (Fsp3) is 0.643. The summed E-state index contributed by atoms with van der Waals surface area (Å²) < 4.78 is 33.3. The number of rotatable bonds is 7. The fourth-order valence-electron chi connectivity index (χ4n) is 5.30. The topological polar surface area (TPSA) is 82.5 Å². The highest BCUT2D eigenvalue weighted by atomic mass is 19.1. The number of amides is 2.